The highest BCUT2D eigenvalue weighted by Gasteiger charge is 2.26. The van der Waals surface area contributed by atoms with E-state index in [1.165, 1.54) is 5.56 Å². The van der Waals surface area contributed by atoms with Gasteiger partial charge in [-0.2, -0.15) is 0 Å². The molecule has 2 atom stereocenters. The second kappa shape index (κ2) is 7.90. The van der Waals surface area contributed by atoms with Gasteiger partial charge in [-0.15, -0.1) is 0 Å². The van der Waals surface area contributed by atoms with Gasteiger partial charge in [0, 0.05) is 52.4 Å². The lowest BCUT2D eigenvalue weighted by Gasteiger charge is -2.25. The molecular weight excluding hydrogens is 264 g/mol. The average Bonchev–Trinajstić information content (AvgIpc) is 2.92. The van der Waals surface area contributed by atoms with Gasteiger partial charge in [-0.3, -0.25) is 4.90 Å². The van der Waals surface area contributed by atoms with E-state index in [1.54, 1.807) is 7.11 Å². The first-order valence-electron chi connectivity index (χ1n) is 7.80. The van der Waals surface area contributed by atoms with E-state index >= 15 is 0 Å². The Morgan fingerprint density at radius 1 is 1.38 bits per heavy atom. The van der Waals surface area contributed by atoms with Gasteiger partial charge in [0.15, 0.2) is 0 Å². The zero-order chi connectivity index (χ0) is 15.1. The van der Waals surface area contributed by atoms with Gasteiger partial charge in [0.2, 0.25) is 0 Å². The monoisotopic (exact) mass is 292 g/mol. The molecule has 2 N–H and O–H groups in total. The van der Waals surface area contributed by atoms with Crippen molar-refractivity contribution in [1.82, 2.24) is 10.2 Å². The zero-order valence-electron chi connectivity index (χ0n) is 13.2. The number of ether oxygens (including phenoxy) is 1. The molecule has 21 heavy (non-hydrogen) atoms. The fourth-order valence-electron chi connectivity index (χ4n) is 2.76. The van der Waals surface area contributed by atoms with E-state index in [-0.39, 0.29) is 0 Å². The van der Waals surface area contributed by atoms with Gasteiger partial charge in [-0.1, -0.05) is 30.3 Å². The van der Waals surface area contributed by atoms with E-state index in [0.717, 1.165) is 26.1 Å². The van der Waals surface area contributed by atoms with Crippen LogP contribution in [0.1, 0.15) is 25.3 Å². The van der Waals surface area contributed by atoms with E-state index in [9.17, 15) is 5.11 Å². The topological polar surface area (TPSA) is 44.7 Å². The molecule has 0 aliphatic carbocycles. The minimum Gasteiger partial charge on any atom is -0.389 e. The molecule has 1 aliphatic heterocycles. The third kappa shape index (κ3) is 5.75. The van der Waals surface area contributed by atoms with Crippen molar-refractivity contribution in [3.63, 3.8) is 0 Å². The predicted molar refractivity (Wildman–Crippen MR) is 85.2 cm³/mol. The first-order chi connectivity index (χ1) is 10.1. The lowest BCUT2D eigenvalue weighted by Crippen LogP contribution is -2.44. The summed E-state index contributed by atoms with van der Waals surface area (Å²) in [6.07, 6.45) is 1.81. The Morgan fingerprint density at radius 3 is 2.86 bits per heavy atom. The van der Waals surface area contributed by atoms with Crippen molar-refractivity contribution in [3.05, 3.63) is 35.9 Å². The van der Waals surface area contributed by atoms with Crippen LogP contribution in [0.2, 0.25) is 0 Å². The molecule has 1 aromatic rings. The smallest absolute Gasteiger partial charge is 0.0765 e. The van der Waals surface area contributed by atoms with Crippen LogP contribution < -0.4 is 5.32 Å². The quantitative estimate of drug-likeness (QED) is 0.764. The molecule has 0 bridgehead atoms. The second-order valence-corrected chi connectivity index (χ2v) is 6.33. The Bertz CT molecular complexity index is 409. The van der Waals surface area contributed by atoms with Crippen LogP contribution >= 0.6 is 0 Å². The van der Waals surface area contributed by atoms with Crippen molar-refractivity contribution in [2.45, 2.75) is 38.0 Å². The first-order valence-corrected chi connectivity index (χ1v) is 7.80. The van der Waals surface area contributed by atoms with Crippen LogP contribution in [0.3, 0.4) is 0 Å². The number of methoxy groups -OCH3 is 1. The molecular formula is C17H28N2O2. The van der Waals surface area contributed by atoms with Gasteiger partial charge in [0.1, 0.15) is 0 Å². The molecule has 0 spiro atoms. The third-order valence-corrected chi connectivity index (χ3v) is 4.14. The number of hydrogen-bond donors (Lipinski definition) is 2. The van der Waals surface area contributed by atoms with Gasteiger partial charge in [0.05, 0.1) is 5.60 Å². The van der Waals surface area contributed by atoms with Crippen molar-refractivity contribution < 1.29 is 9.84 Å². The summed E-state index contributed by atoms with van der Waals surface area (Å²) >= 11 is 0. The molecule has 1 heterocycles. The summed E-state index contributed by atoms with van der Waals surface area (Å²) in [6.45, 7) is 6.27. The van der Waals surface area contributed by atoms with Crippen LogP contribution in [0, 0.1) is 0 Å². The highest BCUT2D eigenvalue weighted by atomic mass is 16.5. The minimum absolute atomic E-state index is 0.475. The highest BCUT2D eigenvalue weighted by molar-refractivity contribution is 5.14. The Labute approximate surface area is 128 Å². The van der Waals surface area contributed by atoms with Crippen molar-refractivity contribution in [3.8, 4) is 0 Å². The van der Waals surface area contributed by atoms with Gasteiger partial charge in [-0.25, -0.2) is 0 Å². The zero-order valence-corrected chi connectivity index (χ0v) is 13.2. The minimum atomic E-state index is -0.692. The van der Waals surface area contributed by atoms with Crippen LogP contribution in [0.4, 0.5) is 0 Å². The molecule has 0 amide bonds. The van der Waals surface area contributed by atoms with Crippen LogP contribution in [0.15, 0.2) is 30.3 Å². The van der Waals surface area contributed by atoms with E-state index in [4.69, 9.17) is 4.74 Å². The maximum absolute atomic E-state index is 10.3. The lowest BCUT2D eigenvalue weighted by molar-refractivity contribution is 0.0229. The van der Waals surface area contributed by atoms with Gasteiger partial charge in [-0.05, 0) is 18.9 Å². The van der Waals surface area contributed by atoms with Gasteiger partial charge < -0.3 is 15.2 Å². The summed E-state index contributed by atoms with van der Waals surface area (Å²) < 4.78 is 5.04. The molecule has 2 rings (SSSR count). The van der Waals surface area contributed by atoms with Crippen molar-refractivity contribution in [2.24, 2.45) is 0 Å². The van der Waals surface area contributed by atoms with Gasteiger partial charge in [0.25, 0.3) is 0 Å². The molecule has 4 nitrogen and oxygen atoms in total. The summed E-state index contributed by atoms with van der Waals surface area (Å²) in [7, 11) is 1.67. The first kappa shape index (κ1) is 16.4. The fraction of sp³-hybridized carbons (Fsp3) is 0.647. The molecule has 0 saturated carbocycles. The van der Waals surface area contributed by atoms with E-state index in [2.05, 4.69) is 40.5 Å². The molecule has 1 aliphatic rings. The fourth-order valence-corrected chi connectivity index (χ4v) is 2.76. The Balaban J connectivity index is 1.70. The SMILES string of the molecule is COCCC(C)(O)CNC1CCN(Cc2ccccc2)C1. The molecule has 2 unspecified atom stereocenters. The number of rotatable bonds is 8. The van der Waals surface area contributed by atoms with Crippen molar-refractivity contribution in [2.75, 3.05) is 33.4 Å². The van der Waals surface area contributed by atoms with E-state index in [0.29, 0.717) is 25.6 Å². The summed E-state index contributed by atoms with van der Waals surface area (Å²) in [5.74, 6) is 0. The van der Waals surface area contributed by atoms with E-state index in [1.807, 2.05) is 6.92 Å². The summed E-state index contributed by atoms with van der Waals surface area (Å²) in [5, 5.41) is 13.8. The Morgan fingerprint density at radius 2 is 2.14 bits per heavy atom. The molecule has 1 fully saturated rings. The van der Waals surface area contributed by atoms with Crippen LogP contribution in [-0.4, -0.2) is 55.0 Å². The molecule has 4 heteroatoms. The molecule has 1 aromatic carbocycles. The summed E-state index contributed by atoms with van der Waals surface area (Å²) in [5.41, 5.74) is 0.674. The summed E-state index contributed by atoms with van der Waals surface area (Å²) in [4.78, 5) is 2.47. The number of nitrogens with one attached hydrogen (secondary N) is 1. The Hall–Kier alpha value is -0.940. The van der Waals surface area contributed by atoms with Crippen LogP contribution in [0.5, 0.6) is 0 Å². The number of hydrogen-bond acceptors (Lipinski definition) is 4. The average molecular weight is 292 g/mol. The molecule has 0 aromatic heterocycles. The standard InChI is InChI=1S/C17H28N2O2/c1-17(20,9-11-21-2)14-18-16-8-10-19(13-16)12-15-6-4-3-5-7-15/h3-7,16,18,20H,8-14H2,1-2H3. The second-order valence-electron chi connectivity index (χ2n) is 6.33. The maximum Gasteiger partial charge on any atom is 0.0765 e. The maximum atomic E-state index is 10.3. The lowest BCUT2D eigenvalue weighted by atomic mass is 10.0. The molecule has 118 valence electrons. The number of aliphatic hydroxyl groups is 1. The number of likely N-dealkylation sites (tertiary alicyclic amines) is 1. The highest BCUT2D eigenvalue weighted by Crippen LogP contribution is 2.15. The summed E-state index contributed by atoms with van der Waals surface area (Å²) in [6, 6.07) is 11.1. The molecule has 0 radical (unpaired) electrons. The Kier molecular flexibility index (Phi) is 6.18. The van der Waals surface area contributed by atoms with Crippen LogP contribution in [0.25, 0.3) is 0 Å². The van der Waals surface area contributed by atoms with Gasteiger partial charge >= 0.3 is 0 Å². The molecule has 1 saturated heterocycles. The normalized spacial score (nSPS) is 22.3. The number of benzene rings is 1. The predicted octanol–water partition coefficient (Wildman–Crippen LogP) is 1.64. The van der Waals surface area contributed by atoms with Crippen molar-refractivity contribution in [1.29, 1.82) is 0 Å². The van der Waals surface area contributed by atoms with Crippen molar-refractivity contribution >= 4 is 0 Å². The largest absolute Gasteiger partial charge is 0.389 e. The van der Waals surface area contributed by atoms with Crippen LogP contribution in [-0.2, 0) is 11.3 Å². The number of nitrogens with zero attached hydrogens (tertiary/aromatic N) is 1. The third-order valence-electron chi connectivity index (χ3n) is 4.14. The van der Waals surface area contributed by atoms with E-state index < -0.39 is 5.60 Å².